The average molecular weight is 348 g/mol. The van der Waals surface area contributed by atoms with Gasteiger partial charge in [-0.2, -0.15) is 5.26 Å². The summed E-state index contributed by atoms with van der Waals surface area (Å²) in [5.74, 6) is -1.03. The Morgan fingerprint density at radius 1 is 1.04 bits per heavy atom. The Morgan fingerprint density at radius 3 is 2.48 bits per heavy atom. The molecule has 2 aromatic rings. The number of rotatable bonds is 4. The van der Waals surface area contributed by atoms with Crippen LogP contribution < -0.4 is 10.6 Å². The van der Waals surface area contributed by atoms with Crippen molar-refractivity contribution in [3.8, 4) is 6.07 Å². The number of amides is 2. The third kappa shape index (κ3) is 4.71. The maximum Gasteiger partial charge on any atom is 0.233 e. The molecule has 0 aliphatic rings. The van der Waals surface area contributed by atoms with E-state index >= 15 is 0 Å². The summed E-state index contributed by atoms with van der Waals surface area (Å²) in [7, 11) is 0. The van der Waals surface area contributed by atoms with Gasteiger partial charge in [0.25, 0.3) is 0 Å². The van der Waals surface area contributed by atoms with E-state index in [4.69, 9.17) is 28.5 Å². The van der Waals surface area contributed by atoms with Crippen molar-refractivity contribution in [2.45, 2.75) is 6.42 Å². The number of carbonyl (C=O) groups is 2. The summed E-state index contributed by atoms with van der Waals surface area (Å²) in [6, 6.07) is 13.2. The number of nitrogens with zero attached hydrogens (tertiary/aromatic N) is 1. The van der Waals surface area contributed by atoms with Crippen LogP contribution in [0.4, 0.5) is 11.4 Å². The fourth-order valence-corrected chi connectivity index (χ4v) is 2.16. The number of carbonyl (C=O) groups excluding carboxylic acids is 2. The monoisotopic (exact) mass is 347 g/mol. The number of nitriles is 1. The highest BCUT2D eigenvalue weighted by Crippen LogP contribution is 2.29. The maximum absolute atomic E-state index is 11.9. The van der Waals surface area contributed by atoms with E-state index in [0.717, 1.165) is 0 Å². The summed E-state index contributed by atoms with van der Waals surface area (Å²) in [6.45, 7) is 0. The van der Waals surface area contributed by atoms with Crippen molar-refractivity contribution in [1.82, 2.24) is 0 Å². The van der Waals surface area contributed by atoms with Gasteiger partial charge in [-0.15, -0.1) is 0 Å². The Kier molecular flexibility index (Phi) is 5.58. The van der Waals surface area contributed by atoms with Crippen LogP contribution in [0.25, 0.3) is 0 Å². The molecular weight excluding hydrogens is 337 g/mol. The Labute approximate surface area is 142 Å². The first-order valence-electron chi connectivity index (χ1n) is 6.53. The number of anilines is 2. The lowest BCUT2D eigenvalue weighted by Gasteiger charge is -2.09. The predicted octanol–water partition coefficient (Wildman–Crippen LogP) is 3.83. The Bertz CT molecular complexity index is 800. The second-order valence-corrected chi connectivity index (χ2v) is 5.35. The lowest BCUT2D eigenvalue weighted by atomic mass is 10.2. The van der Waals surface area contributed by atoms with Gasteiger partial charge in [-0.25, -0.2) is 0 Å². The van der Waals surface area contributed by atoms with Gasteiger partial charge in [0, 0.05) is 5.69 Å². The van der Waals surface area contributed by atoms with E-state index < -0.39 is 11.8 Å². The summed E-state index contributed by atoms with van der Waals surface area (Å²) in [6.07, 6.45) is -0.389. The molecule has 0 aliphatic heterocycles. The largest absolute Gasteiger partial charge is 0.326 e. The highest BCUT2D eigenvalue weighted by atomic mass is 35.5. The molecule has 23 heavy (non-hydrogen) atoms. The molecule has 0 radical (unpaired) electrons. The molecule has 2 rings (SSSR count). The van der Waals surface area contributed by atoms with Gasteiger partial charge in [0.05, 0.1) is 27.4 Å². The zero-order valence-corrected chi connectivity index (χ0v) is 13.3. The number of hydrogen-bond donors (Lipinski definition) is 2. The molecule has 2 N–H and O–H groups in total. The third-order valence-electron chi connectivity index (χ3n) is 2.82. The van der Waals surface area contributed by atoms with Gasteiger partial charge in [0.15, 0.2) is 0 Å². The second-order valence-electron chi connectivity index (χ2n) is 4.57. The minimum atomic E-state index is -0.525. The number of benzene rings is 2. The summed E-state index contributed by atoms with van der Waals surface area (Å²) in [5.41, 5.74) is 1.20. The standard InChI is InChI=1S/C16H11Cl2N3O2/c17-12-5-2-6-13(16(12)18)21-15(23)8-14(22)20-11-4-1-3-10(7-11)9-19/h1-7H,8H2,(H,20,22)(H,21,23). The van der Waals surface area contributed by atoms with E-state index in [1.165, 1.54) is 6.07 Å². The zero-order valence-electron chi connectivity index (χ0n) is 11.8. The summed E-state index contributed by atoms with van der Waals surface area (Å²) in [4.78, 5) is 23.7. The molecular formula is C16H11Cl2N3O2. The molecule has 0 saturated heterocycles. The molecule has 0 bridgehead atoms. The van der Waals surface area contributed by atoms with E-state index in [1.807, 2.05) is 6.07 Å². The van der Waals surface area contributed by atoms with Crippen LogP contribution in [0.15, 0.2) is 42.5 Å². The fourth-order valence-electron chi connectivity index (χ4n) is 1.81. The zero-order chi connectivity index (χ0) is 16.8. The van der Waals surface area contributed by atoms with Crippen molar-refractivity contribution in [1.29, 1.82) is 5.26 Å². The normalized spacial score (nSPS) is 9.78. The number of hydrogen-bond acceptors (Lipinski definition) is 3. The third-order valence-corrected chi connectivity index (χ3v) is 3.64. The summed E-state index contributed by atoms with van der Waals surface area (Å²) >= 11 is 11.8. The highest BCUT2D eigenvalue weighted by molar-refractivity contribution is 6.44. The highest BCUT2D eigenvalue weighted by Gasteiger charge is 2.12. The lowest BCUT2D eigenvalue weighted by molar-refractivity contribution is -0.123. The van der Waals surface area contributed by atoms with E-state index in [0.29, 0.717) is 22.0 Å². The second kappa shape index (κ2) is 7.63. The van der Waals surface area contributed by atoms with Crippen LogP contribution in [0.2, 0.25) is 10.0 Å². The molecule has 116 valence electrons. The number of halogens is 2. The van der Waals surface area contributed by atoms with Gasteiger partial charge in [0.1, 0.15) is 6.42 Å². The smallest absolute Gasteiger partial charge is 0.233 e. The summed E-state index contributed by atoms with van der Waals surface area (Å²) in [5, 5.41) is 14.4. The molecule has 0 spiro atoms. The van der Waals surface area contributed by atoms with Crippen LogP contribution in [0.5, 0.6) is 0 Å². The Morgan fingerprint density at radius 2 is 1.74 bits per heavy atom. The lowest BCUT2D eigenvalue weighted by Crippen LogP contribution is -2.21. The Balaban J connectivity index is 1.96. The minimum absolute atomic E-state index is 0.213. The molecule has 2 amide bonds. The van der Waals surface area contributed by atoms with Crippen LogP contribution >= 0.6 is 23.2 Å². The minimum Gasteiger partial charge on any atom is -0.326 e. The average Bonchev–Trinajstić information content (AvgIpc) is 2.51. The quantitative estimate of drug-likeness (QED) is 0.824. The summed E-state index contributed by atoms with van der Waals surface area (Å²) < 4.78 is 0. The van der Waals surface area contributed by atoms with Gasteiger partial charge < -0.3 is 10.6 Å². The van der Waals surface area contributed by atoms with Crippen molar-refractivity contribution >= 4 is 46.4 Å². The van der Waals surface area contributed by atoms with Crippen LogP contribution in [0.3, 0.4) is 0 Å². The number of nitrogens with one attached hydrogen (secondary N) is 2. The molecule has 7 heteroatoms. The van der Waals surface area contributed by atoms with Gasteiger partial charge in [-0.1, -0.05) is 35.3 Å². The SMILES string of the molecule is N#Cc1cccc(NC(=O)CC(=O)Nc2cccc(Cl)c2Cl)c1. The molecule has 0 heterocycles. The van der Waals surface area contributed by atoms with Crippen LogP contribution in [-0.4, -0.2) is 11.8 Å². The molecule has 0 fully saturated rings. The van der Waals surface area contributed by atoms with Crippen molar-refractivity contribution in [3.05, 3.63) is 58.1 Å². The Hall–Kier alpha value is -2.55. The fraction of sp³-hybridized carbons (Fsp3) is 0.0625. The molecule has 0 aliphatic carbocycles. The van der Waals surface area contributed by atoms with Gasteiger partial charge >= 0.3 is 0 Å². The predicted molar refractivity (Wildman–Crippen MR) is 89.5 cm³/mol. The van der Waals surface area contributed by atoms with Crippen molar-refractivity contribution in [2.24, 2.45) is 0 Å². The first-order chi connectivity index (χ1) is 11.0. The topological polar surface area (TPSA) is 82.0 Å². The van der Waals surface area contributed by atoms with E-state index in [2.05, 4.69) is 10.6 Å². The maximum atomic E-state index is 11.9. The van der Waals surface area contributed by atoms with Crippen molar-refractivity contribution < 1.29 is 9.59 Å². The molecule has 5 nitrogen and oxygen atoms in total. The molecule has 0 unspecified atom stereocenters. The molecule has 0 aromatic heterocycles. The molecule has 0 saturated carbocycles. The molecule has 0 atom stereocenters. The van der Waals surface area contributed by atoms with Gasteiger partial charge in [-0.3, -0.25) is 9.59 Å². The van der Waals surface area contributed by atoms with E-state index in [1.54, 1.807) is 36.4 Å². The van der Waals surface area contributed by atoms with Crippen LogP contribution in [0, 0.1) is 11.3 Å². The van der Waals surface area contributed by atoms with Gasteiger partial charge in [-0.05, 0) is 30.3 Å². The van der Waals surface area contributed by atoms with E-state index in [-0.39, 0.29) is 11.4 Å². The first kappa shape index (κ1) is 16.8. The van der Waals surface area contributed by atoms with E-state index in [9.17, 15) is 9.59 Å². The van der Waals surface area contributed by atoms with Crippen molar-refractivity contribution in [2.75, 3.05) is 10.6 Å². The van der Waals surface area contributed by atoms with Gasteiger partial charge in [0.2, 0.25) is 11.8 Å². The van der Waals surface area contributed by atoms with Crippen LogP contribution in [-0.2, 0) is 9.59 Å². The molecule has 2 aromatic carbocycles. The first-order valence-corrected chi connectivity index (χ1v) is 7.29. The van der Waals surface area contributed by atoms with Crippen molar-refractivity contribution in [3.63, 3.8) is 0 Å². The van der Waals surface area contributed by atoms with Crippen LogP contribution in [0.1, 0.15) is 12.0 Å².